The van der Waals surface area contributed by atoms with Gasteiger partial charge in [0.25, 0.3) is 0 Å². The maximum atomic E-state index is 9.75. The predicted octanol–water partition coefficient (Wildman–Crippen LogP) is 12.6. The first-order chi connectivity index (χ1) is 35.5. The van der Waals surface area contributed by atoms with Crippen LogP contribution in [-0.4, -0.2) is 39.9 Å². The molecule has 12 nitrogen and oxygen atoms in total. The molecule has 0 atom stereocenters. The molecule has 0 saturated heterocycles. The fourth-order valence-electron chi connectivity index (χ4n) is 9.31. The second kappa shape index (κ2) is 17.6. The van der Waals surface area contributed by atoms with E-state index in [2.05, 4.69) is 80.6 Å². The minimum absolute atomic E-state index is 0.475. The number of hydrogen-bond donors (Lipinski definition) is 0. The second-order valence-corrected chi connectivity index (χ2v) is 16.8. The normalized spacial score (nSPS) is 11.0. The molecule has 330 valence electrons. The lowest BCUT2D eigenvalue weighted by Crippen LogP contribution is -1.98. The quantitative estimate of drug-likeness (QED) is 0.131. The van der Waals surface area contributed by atoms with Gasteiger partial charge in [-0.1, -0.05) is 48.5 Å². The Kier molecular flexibility index (Phi) is 10.4. The summed E-state index contributed by atoms with van der Waals surface area (Å²) < 4.78 is 0. The van der Waals surface area contributed by atoms with E-state index in [1.54, 1.807) is 73.3 Å². The molecule has 12 heteroatoms. The second-order valence-electron chi connectivity index (χ2n) is 16.8. The molecule has 0 bridgehead atoms. The highest BCUT2D eigenvalue weighted by atomic mass is 14.8. The van der Waals surface area contributed by atoms with Crippen LogP contribution >= 0.6 is 0 Å². The lowest BCUT2D eigenvalue weighted by molar-refractivity contribution is 1.24. The highest BCUT2D eigenvalue weighted by Crippen LogP contribution is 2.48. The molecule has 8 heterocycles. The molecular formula is C60H30N12. The summed E-state index contributed by atoms with van der Waals surface area (Å²) in [5, 5.41) is 44.6. The summed E-state index contributed by atoms with van der Waals surface area (Å²) in [5.74, 6) is 0. The number of aromatic nitrogens is 8. The van der Waals surface area contributed by atoms with Gasteiger partial charge in [0.1, 0.15) is 0 Å². The van der Waals surface area contributed by atoms with Crippen LogP contribution in [0.4, 0.5) is 0 Å². The van der Waals surface area contributed by atoms with E-state index in [-0.39, 0.29) is 0 Å². The van der Waals surface area contributed by atoms with Crippen molar-refractivity contribution in [3.63, 3.8) is 0 Å². The molecule has 72 heavy (non-hydrogen) atoms. The molecule has 0 unspecified atom stereocenters. The van der Waals surface area contributed by atoms with Crippen LogP contribution in [0.25, 0.3) is 123 Å². The van der Waals surface area contributed by atoms with Crippen LogP contribution in [-0.2, 0) is 0 Å². The van der Waals surface area contributed by atoms with Crippen molar-refractivity contribution in [3.05, 3.63) is 205 Å². The average molecular weight is 919 g/mol. The molecule has 0 fully saturated rings. The lowest BCUT2D eigenvalue weighted by atomic mass is 9.84. The molecule has 0 aliphatic carbocycles. The van der Waals surface area contributed by atoms with Gasteiger partial charge in [-0.25, -0.2) is 19.9 Å². The van der Waals surface area contributed by atoms with Crippen LogP contribution in [0, 0.1) is 45.3 Å². The van der Waals surface area contributed by atoms with Gasteiger partial charge in [-0.2, -0.15) is 21.0 Å². The van der Waals surface area contributed by atoms with Crippen molar-refractivity contribution in [2.75, 3.05) is 0 Å². The van der Waals surface area contributed by atoms with Crippen LogP contribution in [0.1, 0.15) is 22.3 Å². The summed E-state index contributed by atoms with van der Waals surface area (Å²) in [5.41, 5.74) is 12.6. The maximum Gasteiger partial charge on any atom is 0.0992 e. The highest BCUT2D eigenvalue weighted by molar-refractivity contribution is 6.31. The zero-order valence-electron chi connectivity index (χ0n) is 37.7. The van der Waals surface area contributed by atoms with E-state index >= 15 is 0 Å². The van der Waals surface area contributed by atoms with E-state index in [0.29, 0.717) is 90.6 Å². The Hall–Kier alpha value is -10.9. The van der Waals surface area contributed by atoms with Crippen molar-refractivity contribution in [2.45, 2.75) is 0 Å². The molecule has 8 aromatic heterocycles. The zero-order chi connectivity index (χ0) is 48.7. The Balaban J connectivity index is 1.17. The molecule has 0 aliphatic heterocycles. The summed E-state index contributed by atoms with van der Waals surface area (Å²) >= 11 is 0. The summed E-state index contributed by atoms with van der Waals surface area (Å²) in [6.45, 7) is 0. The first-order valence-corrected chi connectivity index (χ1v) is 22.6. The van der Waals surface area contributed by atoms with Gasteiger partial charge in [-0.3, -0.25) is 19.9 Å². The Bertz CT molecular complexity index is 3810. The van der Waals surface area contributed by atoms with Crippen molar-refractivity contribution in [1.82, 2.24) is 39.9 Å². The van der Waals surface area contributed by atoms with E-state index in [1.807, 2.05) is 72.8 Å². The third kappa shape index (κ3) is 7.49. The number of nitriles is 4. The highest BCUT2D eigenvalue weighted by Gasteiger charge is 2.24. The monoisotopic (exact) mass is 918 g/mol. The zero-order valence-corrected chi connectivity index (χ0v) is 37.7. The molecule has 0 N–H and O–H groups in total. The number of nitrogens with zero attached hydrogens (tertiary/aromatic N) is 12. The largest absolute Gasteiger partial charge is 0.255 e. The molecule has 0 spiro atoms. The molecule has 12 aromatic rings. The summed E-state index contributed by atoms with van der Waals surface area (Å²) in [7, 11) is 0. The molecule has 0 aliphatic rings. The molecule has 0 radical (unpaired) electrons. The van der Waals surface area contributed by atoms with Gasteiger partial charge < -0.3 is 0 Å². The van der Waals surface area contributed by atoms with E-state index < -0.39 is 0 Å². The van der Waals surface area contributed by atoms with Gasteiger partial charge in [-0.15, -0.1) is 0 Å². The van der Waals surface area contributed by atoms with E-state index in [0.717, 1.165) is 54.6 Å². The Morgan fingerprint density at radius 3 is 0.722 bits per heavy atom. The van der Waals surface area contributed by atoms with Crippen molar-refractivity contribution >= 4 is 32.3 Å². The average Bonchev–Trinajstić information content (AvgIpc) is 3.46. The van der Waals surface area contributed by atoms with Crippen LogP contribution < -0.4 is 0 Å². The standard InChI is InChI=1S/C60H30N12/c61-31-35-17-21-65-55(25-35)51-9-1-5-47(69-51)43-29-44(48-6-2-10-52(70-48)56-26-36(32-62)18-22-66-56)40-15-16-42-46(50-8-4-12-54(72-50)58-28-38(34-64)20-24-68-58)30-45(41-14-13-39(43)59(40)60(41)42)49-7-3-11-53(71-49)57-27-37(33-63)19-23-67-57/h1-30H. The Morgan fingerprint density at radius 1 is 0.250 bits per heavy atom. The number of rotatable bonds is 8. The van der Waals surface area contributed by atoms with Crippen LogP contribution in [0.15, 0.2) is 183 Å². The van der Waals surface area contributed by atoms with Crippen LogP contribution in [0.5, 0.6) is 0 Å². The van der Waals surface area contributed by atoms with Gasteiger partial charge in [-0.05, 0) is 142 Å². The van der Waals surface area contributed by atoms with Gasteiger partial charge in [0.05, 0.1) is 115 Å². The van der Waals surface area contributed by atoms with Crippen molar-refractivity contribution in [2.24, 2.45) is 0 Å². The molecule has 0 amide bonds. The van der Waals surface area contributed by atoms with Gasteiger partial charge in [0.15, 0.2) is 0 Å². The first kappa shape index (κ1) is 42.4. The fraction of sp³-hybridized carbons (Fsp3) is 0. The molecule has 12 rings (SSSR count). The smallest absolute Gasteiger partial charge is 0.0992 e. The maximum absolute atomic E-state index is 9.75. The fourth-order valence-corrected chi connectivity index (χ4v) is 9.31. The number of hydrogen-bond acceptors (Lipinski definition) is 12. The molecule has 4 aromatic carbocycles. The Labute approximate surface area is 411 Å². The molecule has 0 saturated carbocycles. The summed E-state index contributed by atoms with van der Waals surface area (Å²) in [6, 6.07) is 58.4. The van der Waals surface area contributed by atoms with Crippen molar-refractivity contribution < 1.29 is 0 Å². The van der Waals surface area contributed by atoms with E-state index in [4.69, 9.17) is 19.9 Å². The molecular weight excluding hydrogens is 889 g/mol. The number of benzene rings is 4. The van der Waals surface area contributed by atoms with E-state index in [9.17, 15) is 21.0 Å². The van der Waals surface area contributed by atoms with Crippen molar-refractivity contribution in [3.8, 4) is 115 Å². The minimum atomic E-state index is 0.475. The summed E-state index contributed by atoms with van der Waals surface area (Å²) in [4.78, 5) is 39.2. The third-order valence-electron chi connectivity index (χ3n) is 12.6. The third-order valence-corrected chi connectivity index (χ3v) is 12.6. The van der Waals surface area contributed by atoms with Gasteiger partial charge in [0.2, 0.25) is 0 Å². The van der Waals surface area contributed by atoms with Crippen LogP contribution in [0.3, 0.4) is 0 Å². The topological polar surface area (TPSA) is 198 Å². The van der Waals surface area contributed by atoms with Gasteiger partial charge in [0, 0.05) is 47.0 Å². The Morgan fingerprint density at radius 2 is 0.486 bits per heavy atom. The lowest BCUT2D eigenvalue weighted by Gasteiger charge is -2.21. The predicted molar refractivity (Wildman–Crippen MR) is 275 cm³/mol. The summed E-state index contributed by atoms with van der Waals surface area (Å²) in [6.07, 6.45) is 6.45. The minimum Gasteiger partial charge on any atom is -0.255 e. The first-order valence-electron chi connectivity index (χ1n) is 22.6. The van der Waals surface area contributed by atoms with Crippen LogP contribution in [0.2, 0.25) is 0 Å². The van der Waals surface area contributed by atoms with E-state index in [1.165, 1.54) is 0 Å². The SMILES string of the molecule is N#Cc1ccnc(-c2cccc(-c3cc(-c4cccc(-c5cc(C#N)ccn5)n4)c4ccc5c(-c6cccc(-c7cc(C#N)ccn7)n6)cc(-c6cccc(-c7cc(C#N)ccn7)n6)c6ccc3c4c65)n2)c1. The number of pyridine rings is 8. The van der Waals surface area contributed by atoms with Gasteiger partial charge >= 0.3 is 0 Å². The van der Waals surface area contributed by atoms with Crippen molar-refractivity contribution in [1.29, 1.82) is 21.0 Å².